The van der Waals surface area contributed by atoms with E-state index in [1.807, 2.05) is 0 Å². The highest BCUT2D eigenvalue weighted by molar-refractivity contribution is 5.92. The number of aliphatic carboxylic acids is 1. The van der Waals surface area contributed by atoms with E-state index in [4.69, 9.17) is 18.6 Å². The summed E-state index contributed by atoms with van der Waals surface area (Å²) in [6.45, 7) is 16.9. The number of allylic oxidation sites excluding steroid dienone is 3. The Balaban J connectivity index is 2.06. The molecular formula is C34H38O12. The van der Waals surface area contributed by atoms with Crippen LogP contribution in [0.25, 0.3) is 22.3 Å². The van der Waals surface area contributed by atoms with Gasteiger partial charge < -0.3 is 49.3 Å². The van der Waals surface area contributed by atoms with Gasteiger partial charge in [-0.15, -0.1) is 0 Å². The molecule has 4 rings (SSSR count). The van der Waals surface area contributed by atoms with Crippen LogP contribution in [0.5, 0.6) is 23.0 Å². The Labute approximate surface area is 264 Å². The first kappa shape index (κ1) is 34.3. The zero-order chi connectivity index (χ0) is 34.2. The maximum absolute atomic E-state index is 13.8. The fraction of sp³-hybridized carbons (Fsp3) is 0.353. The number of carbonyl (C=O) groups is 1. The number of carboxylic acid groups (broad SMARTS) is 1. The predicted molar refractivity (Wildman–Crippen MR) is 168 cm³/mol. The first-order chi connectivity index (χ1) is 21.6. The fourth-order valence-corrected chi connectivity index (χ4v) is 5.43. The monoisotopic (exact) mass is 638 g/mol. The van der Waals surface area contributed by atoms with Crippen molar-refractivity contribution < 1.29 is 54.1 Å². The molecule has 12 heteroatoms. The van der Waals surface area contributed by atoms with Crippen LogP contribution in [0.2, 0.25) is 0 Å². The summed E-state index contributed by atoms with van der Waals surface area (Å²) in [7, 11) is 1.40. The zero-order valence-electron chi connectivity index (χ0n) is 26.0. The summed E-state index contributed by atoms with van der Waals surface area (Å²) in [5.74, 6) is -2.20. The van der Waals surface area contributed by atoms with Crippen molar-refractivity contribution in [2.75, 3.05) is 7.11 Å². The van der Waals surface area contributed by atoms with Crippen LogP contribution in [0.1, 0.15) is 37.5 Å². The maximum Gasteiger partial charge on any atom is 0.335 e. The van der Waals surface area contributed by atoms with Crippen LogP contribution < -0.4 is 14.9 Å². The van der Waals surface area contributed by atoms with Crippen molar-refractivity contribution in [3.05, 3.63) is 81.6 Å². The quantitative estimate of drug-likeness (QED) is 0.168. The average molecular weight is 639 g/mol. The number of aromatic hydroxyl groups is 2. The van der Waals surface area contributed by atoms with Crippen molar-refractivity contribution in [3.63, 3.8) is 0 Å². The van der Waals surface area contributed by atoms with E-state index in [0.717, 1.165) is 0 Å². The lowest BCUT2D eigenvalue weighted by atomic mass is 9.93. The number of ether oxygens (including phenoxy) is 3. The molecule has 1 saturated heterocycles. The molecule has 6 N–H and O–H groups in total. The maximum atomic E-state index is 13.8. The van der Waals surface area contributed by atoms with Gasteiger partial charge in [-0.25, -0.2) is 4.79 Å². The Morgan fingerprint density at radius 3 is 2.02 bits per heavy atom. The molecule has 2 aromatic carbocycles. The van der Waals surface area contributed by atoms with Gasteiger partial charge in [0.15, 0.2) is 23.0 Å². The Bertz CT molecular complexity index is 1790. The molecular weight excluding hydrogens is 600 g/mol. The second-order valence-electron chi connectivity index (χ2n) is 11.7. The summed E-state index contributed by atoms with van der Waals surface area (Å²) in [5, 5.41) is 63.2. The molecule has 2 heterocycles. The number of phenols is 2. The Morgan fingerprint density at radius 1 is 0.870 bits per heavy atom. The van der Waals surface area contributed by atoms with Crippen LogP contribution in [0, 0.1) is 0 Å². The first-order valence-electron chi connectivity index (χ1n) is 14.3. The largest absolute Gasteiger partial charge is 0.507 e. The Kier molecular flexibility index (Phi) is 9.97. The van der Waals surface area contributed by atoms with Crippen LogP contribution in [0.15, 0.2) is 63.9 Å². The number of aliphatic hydroxyl groups is 3. The number of fused-ring (bicyclic) bond motifs is 1. The molecule has 0 radical (unpaired) electrons. The van der Waals surface area contributed by atoms with Gasteiger partial charge in [0.2, 0.25) is 6.29 Å². The third-order valence-electron chi connectivity index (χ3n) is 7.51. The van der Waals surface area contributed by atoms with Gasteiger partial charge >= 0.3 is 5.97 Å². The standard InChI is InChI=1S/C34H38O12/c1-14(2)10-18-17(8-9-22(43-7)25(18)36)23-13-21(35)24-26(37)19(11-15(3)4)30(20(12-16(5)6)31(24)44-23)45-34-29(40)27(38)28(39)32(46-34)33(41)42/h8-9,13,27-29,32,34,36-40H,1,3,5,10-12H2,2,4,6-7H3,(H,41,42)/t27-,28-,29+,32-,34+/m0/s1. The molecule has 5 atom stereocenters. The van der Waals surface area contributed by atoms with E-state index < -0.39 is 47.9 Å². The van der Waals surface area contributed by atoms with Gasteiger partial charge in [0.25, 0.3) is 0 Å². The molecule has 0 aliphatic carbocycles. The van der Waals surface area contributed by atoms with Crippen LogP contribution in [-0.4, -0.2) is 74.4 Å². The highest BCUT2D eigenvalue weighted by Crippen LogP contribution is 2.45. The van der Waals surface area contributed by atoms with Gasteiger partial charge in [-0.1, -0.05) is 36.5 Å². The van der Waals surface area contributed by atoms with Crippen molar-refractivity contribution in [1.29, 1.82) is 0 Å². The smallest absolute Gasteiger partial charge is 0.335 e. The average Bonchev–Trinajstić information content (AvgIpc) is 2.96. The number of benzene rings is 2. The number of rotatable bonds is 11. The summed E-state index contributed by atoms with van der Waals surface area (Å²) in [6, 6.07) is 4.30. The van der Waals surface area contributed by atoms with Crippen molar-refractivity contribution in [3.8, 4) is 34.3 Å². The topological polar surface area (TPSA) is 196 Å². The van der Waals surface area contributed by atoms with Gasteiger partial charge in [-0.05, 0) is 39.3 Å². The summed E-state index contributed by atoms with van der Waals surface area (Å²) in [4.78, 5) is 25.5. The minimum atomic E-state index is -1.96. The number of hydrogen-bond donors (Lipinski definition) is 6. The molecule has 0 unspecified atom stereocenters. The molecule has 246 valence electrons. The van der Waals surface area contributed by atoms with Gasteiger partial charge in [0, 0.05) is 41.2 Å². The molecule has 1 aliphatic heterocycles. The number of phenolic OH excluding ortho intramolecular Hbond substituents is 2. The third-order valence-corrected chi connectivity index (χ3v) is 7.51. The van der Waals surface area contributed by atoms with Gasteiger partial charge in [0.1, 0.15) is 46.5 Å². The van der Waals surface area contributed by atoms with Gasteiger partial charge in [-0.3, -0.25) is 4.79 Å². The minimum absolute atomic E-state index is 0.0184. The summed E-state index contributed by atoms with van der Waals surface area (Å²) >= 11 is 0. The van der Waals surface area contributed by atoms with Crippen molar-refractivity contribution >= 4 is 16.9 Å². The van der Waals surface area contributed by atoms with Crippen LogP contribution >= 0.6 is 0 Å². The molecule has 0 saturated carbocycles. The van der Waals surface area contributed by atoms with E-state index in [0.29, 0.717) is 27.8 Å². The Morgan fingerprint density at radius 2 is 1.46 bits per heavy atom. The van der Waals surface area contributed by atoms with E-state index in [1.165, 1.54) is 19.2 Å². The van der Waals surface area contributed by atoms with Crippen LogP contribution in [0.4, 0.5) is 0 Å². The first-order valence-corrected chi connectivity index (χ1v) is 14.3. The lowest BCUT2D eigenvalue weighted by molar-refractivity contribution is -0.271. The second kappa shape index (κ2) is 13.4. The summed E-state index contributed by atoms with van der Waals surface area (Å²) < 4.78 is 23.0. The van der Waals surface area contributed by atoms with Gasteiger partial charge in [-0.2, -0.15) is 0 Å². The van der Waals surface area contributed by atoms with Gasteiger partial charge in [0.05, 0.1) is 7.11 Å². The highest BCUT2D eigenvalue weighted by atomic mass is 16.7. The lowest BCUT2D eigenvalue weighted by Crippen LogP contribution is -2.61. The normalized spacial score (nSPS) is 21.2. The highest BCUT2D eigenvalue weighted by Gasteiger charge is 2.48. The molecule has 3 aromatic rings. The zero-order valence-corrected chi connectivity index (χ0v) is 26.0. The van der Waals surface area contributed by atoms with Crippen molar-refractivity contribution in [1.82, 2.24) is 0 Å². The summed E-state index contributed by atoms with van der Waals surface area (Å²) in [6.07, 6.45) is -9.41. The molecule has 0 bridgehead atoms. The van der Waals surface area contributed by atoms with E-state index in [2.05, 4.69) is 19.7 Å². The number of hydrogen-bond acceptors (Lipinski definition) is 11. The third kappa shape index (κ3) is 6.51. The molecule has 0 amide bonds. The molecule has 12 nitrogen and oxygen atoms in total. The predicted octanol–water partition coefficient (Wildman–Crippen LogP) is 3.51. The van der Waals surface area contributed by atoms with Crippen LogP contribution in [0.3, 0.4) is 0 Å². The van der Waals surface area contributed by atoms with Crippen molar-refractivity contribution in [2.24, 2.45) is 0 Å². The van der Waals surface area contributed by atoms with E-state index in [9.17, 15) is 40.2 Å². The minimum Gasteiger partial charge on any atom is -0.507 e. The van der Waals surface area contributed by atoms with E-state index in [1.54, 1.807) is 26.8 Å². The van der Waals surface area contributed by atoms with Crippen LogP contribution in [-0.2, 0) is 28.8 Å². The SMILES string of the molecule is C=C(C)Cc1c(-c2cc(=O)c3c(O)c(CC(=C)C)c(O[C@@H]4O[C@H](C(=O)O)[C@@H](O)[C@H](O)[C@H]4O)c(CC(=C)C)c3o2)ccc(OC)c1O. The van der Waals surface area contributed by atoms with Crippen molar-refractivity contribution in [2.45, 2.75) is 70.7 Å². The number of carboxylic acids is 1. The molecule has 1 aromatic heterocycles. The molecule has 1 fully saturated rings. The fourth-order valence-electron chi connectivity index (χ4n) is 5.43. The Hall–Kier alpha value is -4.62. The molecule has 0 spiro atoms. The number of methoxy groups -OCH3 is 1. The van der Waals surface area contributed by atoms with E-state index >= 15 is 0 Å². The summed E-state index contributed by atoms with van der Waals surface area (Å²) in [5.41, 5.74) is 2.06. The van der Waals surface area contributed by atoms with E-state index in [-0.39, 0.29) is 64.4 Å². The number of aliphatic hydroxyl groups excluding tert-OH is 3. The molecule has 1 aliphatic rings. The lowest BCUT2D eigenvalue weighted by Gasteiger charge is -2.39. The molecule has 46 heavy (non-hydrogen) atoms. The second-order valence-corrected chi connectivity index (χ2v) is 11.7.